The van der Waals surface area contributed by atoms with Crippen LogP contribution in [0.1, 0.15) is 32.3 Å². The van der Waals surface area contributed by atoms with Gasteiger partial charge in [0.15, 0.2) is 0 Å². The Morgan fingerprint density at radius 1 is 1.03 bits per heavy atom. The number of anilines is 1. The molecule has 0 aliphatic carbocycles. The van der Waals surface area contributed by atoms with E-state index >= 15 is 0 Å². The van der Waals surface area contributed by atoms with Crippen LogP contribution in [0.2, 0.25) is 5.02 Å². The van der Waals surface area contributed by atoms with Crippen molar-refractivity contribution in [1.82, 2.24) is 10.2 Å². The number of sulfonamides is 1. The van der Waals surface area contributed by atoms with E-state index in [0.717, 1.165) is 34.4 Å². The second kappa shape index (κ2) is 12.2. The van der Waals surface area contributed by atoms with Gasteiger partial charge in [-0.1, -0.05) is 73.5 Å². The van der Waals surface area contributed by atoms with Crippen LogP contribution in [0.3, 0.4) is 0 Å². The van der Waals surface area contributed by atoms with Gasteiger partial charge in [0, 0.05) is 23.5 Å². The lowest BCUT2D eigenvalue weighted by Crippen LogP contribution is -2.51. The summed E-state index contributed by atoms with van der Waals surface area (Å²) in [6, 6.07) is 18.9. The molecular formula is C27H32ClN3O4S. The topological polar surface area (TPSA) is 86.8 Å². The molecule has 9 heteroatoms. The van der Waals surface area contributed by atoms with Gasteiger partial charge in [0.1, 0.15) is 12.6 Å². The van der Waals surface area contributed by atoms with Crippen molar-refractivity contribution in [1.29, 1.82) is 0 Å². The minimum absolute atomic E-state index is 0.106. The van der Waals surface area contributed by atoms with Crippen LogP contribution in [0.15, 0.2) is 66.7 Å². The molecule has 0 aliphatic rings. The number of benzene rings is 3. The van der Waals surface area contributed by atoms with E-state index in [0.29, 0.717) is 22.6 Å². The molecule has 0 saturated carbocycles. The van der Waals surface area contributed by atoms with Gasteiger partial charge in [-0.2, -0.15) is 0 Å². The molecule has 0 unspecified atom stereocenters. The van der Waals surface area contributed by atoms with Gasteiger partial charge in [-0.15, -0.1) is 0 Å². The van der Waals surface area contributed by atoms with Crippen molar-refractivity contribution < 1.29 is 18.0 Å². The summed E-state index contributed by atoms with van der Waals surface area (Å²) in [6.45, 7) is 3.84. The maximum Gasteiger partial charge on any atom is 0.244 e. The third-order valence-corrected chi connectivity index (χ3v) is 7.31. The predicted molar refractivity (Wildman–Crippen MR) is 146 cm³/mol. The Morgan fingerprint density at radius 3 is 2.42 bits per heavy atom. The fourth-order valence-corrected chi connectivity index (χ4v) is 5.05. The van der Waals surface area contributed by atoms with Crippen LogP contribution in [-0.4, -0.2) is 50.5 Å². The SMILES string of the molecule is CCCCNC(=O)[C@@H](C)N(Cc1cccc(Cl)c1)C(=O)CN(c1cccc2ccccc12)S(C)(=O)=O. The Labute approximate surface area is 218 Å². The molecule has 1 atom stereocenters. The Balaban J connectivity index is 1.96. The number of amides is 2. The molecule has 3 rings (SSSR count). The highest BCUT2D eigenvalue weighted by molar-refractivity contribution is 7.92. The van der Waals surface area contributed by atoms with E-state index in [1.54, 1.807) is 37.3 Å². The van der Waals surface area contributed by atoms with Crippen molar-refractivity contribution in [3.05, 3.63) is 77.3 Å². The molecule has 7 nitrogen and oxygen atoms in total. The molecule has 0 aliphatic heterocycles. The number of nitrogens with zero attached hydrogens (tertiary/aromatic N) is 2. The highest BCUT2D eigenvalue weighted by Gasteiger charge is 2.30. The lowest BCUT2D eigenvalue weighted by Gasteiger charge is -2.32. The van der Waals surface area contributed by atoms with Crippen LogP contribution in [0.4, 0.5) is 5.69 Å². The molecule has 0 heterocycles. The minimum Gasteiger partial charge on any atom is -0.354 e. The number of rotatable bonds is 11. The standard InChI is InChI=1S/C27H32ClN3O4S/c1-4-5-16-29-27(33)20(2)30(18-21-10-8-13-23(28)17-21)26(32)19-31(36(3,34)35)25-15-9-12-22-11-6-7-14-24(22)25/h6-15,17,20H,4-5,16,18-19H2,1-3H3,(H,29,33)/t20-/m1/s1. The number of carbonyl (C=O) groups excluding carboxylic acids is 2. The van der Waals surface area contributed by atoms with E-state index in [1.165, 1.54) is 4.90 Å². The summed E-state index contributed by atoms with van der Waals surface area (Å²) in [6.07, 6.45) is 2.82. The summed E-state index contributed by atoms with van der Waals surface area (Å²) in [5.74, 6) is -0.790. The van der Waals surface area contributed by atoms with Gasteiger partial charge >= 0.3 is 0 Å². The maximum atomic E-state index is 13.7. The third-order valence-electron chi connectivity index (χ3n) is 5.95. The highest BCUT2D eigenvalue weighted by atomic mass is 35.5. The van der Waals surface area contributed by atoms with E-state index in [2.05, 4.69) is 5.32 Å². The first-order chi connectivity index (χ1) is 17.1. The number of carbonyl (C=O) groups is 2. The number of unbranched alkanes of at least 4 members (excludes halogenated alkanes) is 1. The first-order valence-corrected chi connectivity index (χ1v) is 14.1. The van der Waals surface area contributed by atoms with Gasteiger partial charge in [0.05, 0.1) is 11.9 Å². The molecule has 3 aromatic rings. The molecule has 2 amide bonds. The average molecular weight is 530 g/mol. The van der Waals surface area contributed by atoms with E-state index in [4.69, 9.17) is 11.6 Å². The molecule has 0 bridgehead atoms. The number of nitrogens with one attached hydrogen (secondary N) is 1. The molecule has 0 saturated heterocycles. The Hall–Kier alpha value is -3.10. The lowest BCUT2D eigenvalue weighted by molar-refractivity contribution is -0.139. The molecule has 0 radical (unpaired) electrons. The van der Waals surface area contributed by atoms with Crippen molar-refractivity contribution in [3.8, 4) is 0 Å². The van der Waals surface area contributed by atoms with Gasteiger partial charge in [0.25, 0.3) is 0 Å². The van der Waals surface area contributed by atoms with Crippen LogP contribution in [-0.2, 0) is 26.2 Å². The summed E-state index contributed by atoms with van der Waals surface area (Å²) in [7, 11) is -3.82. The van der Waals surface area contributed by atoms with E-state index < -0.39 is 28.5 Å². The van der Waals surface area contributed by atoms with Crippen LogP contribution in [0.5, 0.6) is 0 Å². The van der Waals surface area contributed by atoms with Gasteiger partial charge in [-0.3, -0.25) is 13.9 Å². The smallest absolute Gasteiger partial charge is 0.244 e. The van der Waals surface area contributed by atoms with E-state index in [9.17, 15) is 18.0 Å². The van der Waals surface area contributed by atoms with Crippen LogP contribution >= 0.6 is 11.6 Å². The maximum absolute atomic E-state index is 13.7. The average Bonchev–Trinajstić information content (AvgIpc) is 2.84. The van der Waals surface area contributed by atoms with Crippen molar-refractivity contribution in [3.63, 3.8) is 0 Å². The zero-order valence-electron chi connectivity index (χ0n) is 20.8. The van der Waals surface area contributed by atoms with Crippen LogP contribution < -0.4 is 9.62 Å². The van der Waals surface area contributed by atoms with Gasteiger partial charge in [0.2, 0.25) is 21.8 Å². The monoisotopic (exact) mass is 529 g/mol. The van der Waals surface area contributed by atoms with E-state index in [1.807, 2.05) is 43.3 Å². The fraction of sp³-hybridized carbons (Fsp3) is 0.333. The lowest BCUT2D eigenvalue weighted by atomic mass is 10.1. The molecule has 36 heavy (non-hydrogen) atoms. The summed E-state index contributed by atoms with van der Waals surface area (Å²) in [5, 5.41) is 4.94. The molecule has 0 aromatic heterocycles. The van der Waals surface area contributed by atoms with Gasteiger partial charge in [-0.05, 0) is 42.5 Å². The Kier molecular flexibility index (Phi) is 9.34. The molecule has 0 spiro atoms. The van der Waals surface area contributed by atoms with Gasteiger partial charge < -0.3 is 10.2 Å². The zero-order valence-corrected chi connectivity index (χ0v) is 22.3. The Morgan fingerprint density at radius 2 is 1.72 bits per heavy atom. The van der Waals surface area contributed by atoms with Crippen molar-refractivity contribution in [2.45, 2.75) is 39.3 Å². The second-order valence-corrected chi connectivity index (χ2v) is 11.1. The molecule has 192 valence electrons. The summed E-state index contributed by atoms with van der Waals surface area (Å²) < 4.78 is 26.8. The molecule has 3 aromatic carbocycles. The highest BCUT2D eigenvalue weighted by Crippen LogP contribution is 2.28. The summed E-state index contributed by atoms with van der Waals surface area (Å²) >= 11 is 6.14. The van der Waals surface area contributed by atoms with Crippen molar-refractivity contribution >= 4 is 49.9 Å². The fourth-order valence-electron chi connectivity index (χ4n) is 3.97. The quantitative estimate of drug-likeness (QED) is 0.368. The second-order valence-electron chi connectivity index (χ2n) is 8.74. The number of hydrogen-bond donors (Lipinski definition) is 1. The predicted octanol–water partition coefficient (Wildman–Crippen LogP) is 4.59. The Bertz CT molecular complexity index is 1320. The van der Waals surface area contributed by atoms with Gasteiger partial charge in [-0.25, -0.2) is 8.42 Å². The largest absolute Gasteiger partial charge is 0.354 e. The number of hydrogen-bond acceptors (Lipinski definition) is 4. The van der Waals surface area contributed by atoms with Crippen molar-refractivity contribution in [2.75, 3.05) is 23.7 Å². The molecular weight excluding hydrogens is 498 g/mol. The minimum atomic E-state index is -3.82. The zero-order chi connectivity index (χ0) is 26.3. The number of fused-ring (bicyclic) bond motifs is 1. The van der Waals surface area contributed by atoms with E-state index in [-0.39, 0.29) is 12.5 Å². The first kappa shape index (κ1) is 27.5. The first-order valence-electron chi connectivity index (χ1n) is 11.9. The van der Waals surface area contributed by atoms with Crippen LogP contribution in [0, 0.1) is 0 Å². The van der Waals surface area contributed by atoms with Crippen LogP contribution in [0.25, 0.3) is 10.8 Å². The summed E-state index contributed by atoms with van der Waals surface area (Å²) in [5.41, 5.74) is 1.15. The number of halogens is 1. The summed E-state index contributed by atoms with van der Waals surface area (Å²) in [4.78, 5) is 28.0. The third kappa shape index (κ3) is 6.98. The molecule has 0 fully saturated rings. The van der Waals surface area contributed by atoms with Crippen molar-refractivity contribution in [2.24, 2.45) is 0 Å². The molecule has 1 N–H and O–H groups in total. The normalized spacial score (nSPS) is 12.2.